The predicted molar refractivity (Wildman–Crippen MR) is 94.2 cm³/mol. The first-order chi connectivity index (χ1) is 11.2. The van der Waals surface area contributed by atoms with Crippen molar-refractivity contribution in [3.63, 3.8) is 0 Å². The van der Waals surface area contributed by atoms with Gasteiger partial charge in [-0.2, -0.15) is 0 Å². The predicted octanol–water partition coefficient (Wildman–Crippen LogP) is 2.43. The van der Waals surface area contributed by atoms with Gasteiger partial charge in [-0.25, -0.2) is 0 Å². The van der Waals surface area contributed by atoms with Gasteiger partial charge in [0.15, 0.2) is 5.78 Å². The topological polar surface area (TPSA) is 57.2 Å². The highest BCUT2D eigenvalue weighted by Gasteiger charge is 2.20. The summed E-state index contributed by atoms with van der Waals surface area (Å²) in [4.78, 5) is 14.9. The molecule has 1 fully saturated rings. The molecular weight excluding hydrogens is 334 g/mol. The third kappa shape index (κ3) is 5.26. The fourth-order valence-electron chi connectivity index (χ4n) is 2.69. The molecule has 0 aliphatic carbocycles. The van der Waals surface area contributed by atoms with E-state index >= 15 is 0 Å². The highest BCUT2D eigenvalue weighted by atomic mass is 35.5. The molecule has 7 heteroatoms. The number of methoxy groups -OCH3 is 3. The molecule has 136 valence electrons. The second-order valence-corrected chi connectivity index (χ2v) is 5.39. The molecule has 0 unspecified atom stereocenters. The zero-order chi connectivity index (χ0) is 16.7. The van der Waals surface area contributed by atoms with Crippen LogP contribution in [0, 0.1) is 0 Å². The lowest BCUT2D eigenvalue weighted by atomic mass is 10.0. The molecule has 0 saturated carbocycles. The third-order valence-electron chi connectivity index (χ3n) is 3.98. The van der Waals surface area contributed by atoms with Crippen molar-refractivity contribution in [2.75, 3.05) is 54.2 Å². The molecule has 1 aromatic rings. The van der Waals surface area contributed by atoms with E-state index in [2.05, 4.69) is 4.90 Å². The summed E-state index contributed by atoms with van der Waals surface area (Å²) in [7, 11) is 4.65. The van der Waals surface area contributed by atoms with Crippen LogP contribution in [0.4, 0.5) is 0 Å². The molecule has 0 amide bonds. The second-order valence-electron chi connectivity index (χ2n) is 5.39. The van der Waals surface area contributed by atoms with E-state index in [1.807, 2.05) is 0 Å². The van der Waals surface area contributed by atoms with E-state index in [0.29, 0.717) is 29.2 Å². The first-order valence-electron chi connectivity index (χ1n) is 7.83. The van der Waals surface area contributed by atoms with Crippen molar-refractivity contribution in [1.29, 1.82) is 0 Å². The van der Waals surface area contributed by atoms with Crippen molar-refractivity contribution < 1.29 is 23.7 Å². The standard InChI is InChI=1S/C17H25NO5.ClH/c1-20-13-11-15(21-2)17(16(12-13)22-3)14(19)5-4-6-18-7-9-23-10-8-18;/h11-12H,4-10H2,1-3H3;1H. The lowest BCUT2D eigenvalue weighted by molar-refractivity contribution is 0.0371. The number of ether oxygens (including phenoxy) is 4. The Kier molecular flexibility index (Phi) is 8.89. The Bertz CT molecular complexity index is 507. The van der Waals surface area contributed by atoms with Gasteiger partial charge in [0, 0.05) is 31.6 Å². The fraction of sp³-hybridized carbons (Fsp3) is 0.588. The molecule has 0 spiro atoms. The van der Waals surface area contributed by atoms with Gasteiger partial charge in [-0.1, -0.05) is 0 Å². The maximum atomic E-state index is 12.6. The molecule has 2 rings (SSSR count). The molecule has 0 radical (unpaired) electrons. The van der Waals surface area contributed by atoms with Crippen molar-refractivity contribution in [2.45, 2.75) is 12.8 Å². The minimum atomic E-state index is 0. The molecule has 24 heavy (non-hydrogen) atoms. The van der Waals surface area contributed by atoms with Crippen LogP contribution in [0.25, 0.3) is 0 Å². The summed E-state index contributed by atoms with van der Waals surface area (Å²) in [6.45, 7) is 4.31. The van der Waals surface area contributed by atoms with E-state index in [9.17, 15) is 4.79 Å². The van der Waals surface area contributed by atoms with Crippen LogP contribution in [0.2, 0.25) is 0 Å². The molecule has 1 aromatic carbocycles. The van der Waals surface area contributed by atoms with Gasteiger partial charge in [-0.05, 0) is 13.0 Å². The summed E-state index contributed by atoms with van der Waals surface area (Å²) < 4.78 is 21.2. The van der Waals surface area contributed by atoms with Gasteiger partial charge in [-0.3, -0.25) is 9.69 Å². The zero-order valence-electron chi connectivity index (χ0n) is 14.5. The van der Waals surface area contributed by atoms with Gasteiger partial charge in [0.05, 0.1) is 34.5 Å². The van der Waals surface area contributed by atoms with E-state index in [0.717, 1.165) is 39.3 Å². The summed E-state index contributed by atoms with van der Waals surface area (Å²) in [5.74, 6) is 1.59. The molecule has 6 nitrogen and oxygen atoms in total. The molecular formula is C17H26ClNO5. The molecule has 1 aliphatic heterocycles. The van der Waals surface area contributed by atoms with E-state index in [1.54, 1.807) is 33.5 Å². The number of hydrogen-bond acceptors (Lipinski definition) is 6. The SMILES string of the molecule is COc1cc(OC)c(C(=O)CCCN2CCOCC2)c(OC)c1.Cl. The van der Waals surface area contributed by atoms with Crippen molar-refractivity contribution in [3.8, 4) is 17.2 Å². The molecule has 1 aliphatic rings. The van der Waals surface area contributed by atoms with Crippen molar-refractivity contribution in [2.24, 2.45) is 0 Å². The zero-order valence-corrected chi connectivity index (χ0v) is 15.3. The number of halogens is 1. The maximum Gasteiger partial charge on any atom is 0.170 e. The Morgan fingerprint density at radius 1 is 1.08 bits per heavy atom. The number of Topliss-reactive ketones (excluding diaryl/α,β-unsaturated/α-hetero) is 1. The monoisotopic (exact) mass is 359 g/mol. The Morgan fingerprint density at radius 3 is 2.17 bits per heavy atom. The highest BCUT2D eigenvalue weighted by molar-refractivity contribution is 6.01. The number of ketones is 1. The van der Waals surface area contributed by atoms with Crippen molar-refractivity contribution >= 4 is 18.2 Å². The fourth-order valence-corrected chi connectivity index (χ4v) is 2.69. The third-order valence-corrected chi connectivity index (χ3v) is 3.98. The van der Waals surface area contributed by atoms with Crippen LogP contribution >= 0.6 is 12.4 Å². The number of carbonyl (C=O) groups is 1. The average Bonchev–Trinajstić information content (AvgIpc) is 2.61. The van der Waals surface area contributed by atoms with Gasteiger partial charge >= 0.3 is 0 Å². The largest absolute Gasteiger partial charge is 0.496 e. The minimum Gasteiger partial charge on any atom is -0.496 e. The van der Waals surface area contributed by atoms with E-state index in [4.69, 9.17) is 18.9 Å². The Labute approximate surface area is 149 Å². The molecule has 0 aromatic heterocycles. The van der Waals surface area contributed by atoms with E-state index in [-0.39, 0.29) is 18.2 Å². The van der Waals surface area contributed by atoms with Crippen molar-refractivity contribution in [1.82, 2.24) is 4.90 Å². The molecule has 1 heterocycles. The summed E-state index contributed by atoms with van der Waals surface area (Å²) in [5, 5.41) is 0. The number of benzene rings is 1. The number of carbonyl (C=O) groups excluding carboxylic acids is 1. The van der Waals surface area contributed by atoms with Crippen LogP contribution in [0.3, 0.4) is 0 Å². The van der Waals surface area contributed by atoms with Crippen molar-refractivity contribution in [3.05, 3.63) is 17.7 Å². The second kappa shape index (κ2) is 10.4. The van der Waals surface area contributed by atoms with Gasteiger partial charge in [0.1, 0.15) is 22.8 Å². The van der Waals surface area contributed by atoms with Crippen LogP contribution in [-0.4, -0.2) is 64.9 Å². The Morgan fingerprint density at radius 2 is 1.67 bits per heavy atom. The van der Waals surface area contributed by atoms with E-state index < -0.39 is 0 Å². The molecule has 0 N–H and O–H groups in total. The van der Waals surface area contributed by atoms with Crippen LogP contribution < -0.4 is 14.2 Å². The van der Waals surface area contributed by atoms with Gasteiger partial charge in [-0.15, -0.1) is 12.4 Å². The first kappa shape index (κ1) is 20.5. The lowest BCUT2D eigenvalue weighted by Gasteiger charge is -2.26. The quantitative estimate of drug-likeness (QED) is 0.664. The maximum absolute atomic E-state index is 12.6. The Balaban J connectivity index is 0.00000288. The Hall–Kier alpha value is -1.50. The number of rotatable bonds is 8. The van der Waals surface area contributed by atoms with Crippen LogP contribution in [0.1, 0.15) is 23.2 Å². The number of nitrogens with zero attached hydrogens (tertiary/aromatic N) is 1. The normalized spacial score (nSPS) is 14.6. The summed E-state index contributed by atoms with van der Waals surface area (Å²) in [6.07, 6.45) is 1.26. The smallest absolute Gasteiger partial charge is 0.170 e. The summed E-state index contributed by atoms with van der Waals surface area (Å²) >= 11 is 0. The van der Waals surface area contributed by atoms with Gasteiger partial charge in [0.2, 0.25) is 0 Å². The van der Waals surface area contributed by atoms with Gasteiger partial charge < -0.3 is 18.9 Å². The number of hydrogen-bond donors (Lipinski definition) is 0. The molecule has 0 bridgehead atoms. The van der Waals surface area contributed by atoms with Crippen LogP contribution in [0.5, 0.6) is 17.2 Å². The average molecular weight is 360 g/mol. The highest BCUT2D eigenvalue weighted by Crippen LogP contribution is 2.35. The first-order valence-corrected chi connectivity index (χ1v) is 7.83. The lowest BCUT2D eigenvalue weighted by Crippen LogP contribution is -2.36. The van der Waals surface area contributed by atoms with E-state index in [1.165, 1.54) is 0 Å². The van der Waals surface area contributed by atoms with Gasteiger partial charge in [0.25, 0.3) is 0 Å². The summed E-state index contributed by atoms with van der Waals surface area (Å²) in [5.41, 5.74) is 0.484. The van der Waals surface area contributed by atoms with Crippen LogP contribution in [-0.2, 0) is 4.74 Å². The minimum absolute atomic E-state index is 0. The molecule has 0 atom stereocenters. The summed E-state index contributed by atoms with van der Waals surface area (Å²) in [6, 6.07) is 3.41. The van der Waals surface area contributed by atoms with Crippen LogP contribution in [0.15, 0.2) is 12.1 Å². The number of morpholine rings is 1. The molecule has 1 saturated heterocycles.